The molecular formula is C21H7F7. The first-order valence-electron chi connectivity index (χ1n) is 7.63. The van der Waals surface area contributed by atoms with Gasteiger partial charge in [0.1, 0.15) is 23.3 Å². The zero-order chi connectivity index (χ0) is 20.5. The number of alkyl halides is 3. The van der Waals surface area contributed by atoms with Crippen molar-refractivity contribution in [3.63, 3.8) is 0 Å². The lowest BCUT2D eigenvalue weighted by Crippen LogP contribution is -2.02. The Labute approximate surface area is 154 Å². The summed E-state index contributed by atoms with van der Waals surface area (Å²) in [5.74, 6) is 2.82. The van der Waals surface area contributed by atoms with Crippen molar-refractivity contribution in [3.05, 3.63) is 82.4 Å². The lowest BCUT2D eigenvalue weighted by atomic mass is 10.0. The summed E-state index contributed by atoms with van der Waals surface area (Å²) in [6.45, 7) is 0. The second-order valence-corrected chi connectivity index (χ2v) is 5.58. The minimum atomic E-state index is -4.89. The minimum Gasteiger partial charge on any atom is -0.206 e. The number of rotatable bonds is 0. The third kappa shape index (κ3) is 4.10. The maximum Gasteiger partial charge on any atom is 0.458 e. The zero-order valence-corrected chi connectivity index (χ0v) is 13.7. The van der Waals surface area contributed by atoms with E-state index < -0.39 is 40.6 Å². The van der Waals surface area contributed by atoms with Crippen molar-refractivity contribution in [1.82, 2.24) is 0 Å². The Morgan fingerprint density at radius 2 is 1.36 bits per heavy atom. The molecule has 0 aliphatic heterocycles. The highest BCUT2D eigenvalue weighted by atomic mass is 19.4. The molecule has 0 N–H and O–H groups in total. The van der Waals surface area contributed by atoms with Gasteiger partial charge in [-0.05, 0) is 35.7 Å². The molecule has 0 spiro atoms. The quantitative estimate of drug-likeness (QED) is 0.340. The summed E-state index contributed by atoms with van der Waals surface area (Å²) in [5, 5.41) is -0.163. The normalized spacial score (nSPS) is 10.8. The summed E-state index contributed by atoms with van der Waals surface area (Å²) < 4.78 is 92.0. The SMILES string of the molecule is Fc1cccc(F)c1C#Cc1ccc2c(F)c(C#CC(F)(F)F)c(F)cc2c1. The van der Waals surface area contributed by atoms with Gasteiger partial charge in [0, 0.05) is 16.9 Å². The maximum atomic E-state index is 14.3. The molecule has 3 aromatic rings. The van der Waals surface area contributed by atoms with E-state index in [2.05, 4.69) is 11.8 Å². The molecule has 0 atom stereocenters. The second kappa shape index (κ2) is 7.28. The van der Waals surface area contributed by atoms with E-state index in [-0.39, 0.29) is 16.3 Å². The van der Waals surface area contributed by atoms with Crippen LogP contribution in [0.1, 0.15) is 16.7 Å². The van der Waals surface area contributed by atoms with Crippen LogP contribution in [0.5, 0.6) is 0 Å². The van der Waals surface area contributed by atoms with E-state index >= 15 is 0 Å². The fourth-order valence-corrected chi connectivity index (χ4v) is 2.41. The number of halogens is 7. The minimum absolute atomic E-state index is 0.00774. The van der Waals surface area contributed by atoms with Crippen molar-refractivity contribution in [2.24, 2.45) is 0 Å². The highest BCUT2D eigenvalue weighted by molar-refractivity contribution is 5.86. The molecule has 0 aliphatic carbocycles. The summed E-state index contributed by atoms with van der Waals surface area (Å²) in [6, 6.07) is 7.75. The van der Waals surface area contributed by atoms with Gasteiger partial charge in [-0.3, -0.25) is 0 Å². The topological polar surface area (TPSA) is 0 Å². The molecule has 0 aliphatic rings. The first kappa shape index (κ1) is 19.3. The second-order valence-electron chi connectivity index (χ2n) is 5.58. The lowest BCUT2D eigenvalue weighted by Gasteiger charge is -2.05. The number of fused-ring (bicyclic) bond motifs is 1. The van der Waals surface area contributed by atoms with Gasteiger partial charge in [0.05, 0.1) is 11.1 Å². The molecule has 140 valence electrons. The third-order valence-electron chi connectivity index (χ3n) is 3.65. The van der Waals surface area contributed by atoms with Crippen molar-refractivity contribution >= 4 is 10.8 Å². The number of hydrogen-bond donors (Lipinski definition) is 0. The Bertz CT molecular complexity index is 1180. The predicted molar refractivity (Wildman–Crippen MR) is 89.1 cm³/mol. The van der Waals surface area contributed by atoms with Gasteiger partial charge < -0.3 is 0 Å². The van der Waals surface area contributed by atoms with Gasteiger partial charge in [0.25, 0.3) is 0 Å². The van der Waals surface area contributed by atoms with Crippen LogP contribution in [0.2, 0.25) is 0 Å². The Kier molecular flexibility index (Phi) is 5.02. The molecule has 0 bridgehead atoms. The zero-order valence-electron chi connectivity index (χ0n) is 13.7. The van der Waals surface area contributed by atoms with Gasteiger partial charge in [0.2, 0.25) is 0 Å². The largest absolute Gasteiger partial charge is 0.458 e. The molecule has 0 radical (unpaired) electrons. The summed E-state index contributed by atoms with van der Waals surface area (Å²) in [5.41, 5.74) is -1.27. The first-order valence-corrected chi connectivity index (χ1v) is 7.63. The van der Waals surface area contributed by atoms with Crippen molar-refractivity contribution in [2.75, 3.05) is 0 Å². The van der Waals surface area contributed by atoms with E-state index in [1.807, 2.05) is 0 Å². The van der Waals surface area contributed by atoms with E-state index in [9.17, 15) is 30.7 Å². The van der Waals surface area contributed by atoms with Gasteiger partial charge in [-0.25, -0.2) is 17.6 Å². The Morgan fingerprint density at radius 1 is 0.679 bits per heavy atom. The Hall–Kier alpha value is -3.45. The molecule has 28 heavy (non-hydrogen) atoms. The van der Waals surface area contributed by atoms with E-state index in [0.717, 1.165) is 24.1 Å². The van der Waals surface area contributed by atoms with Crippen molar-refractivity contribution < 1.29 is 30.7 Å². The van der Waals surface area contributed by atoms with Gasteiger partial charge >= 0.3 is 6.18 Å². The van der Waals surface area contributed by atoms with Crippen molar-refractivity contribution in [1.29, 1.82) is 0 Å². The average molecular weight is 392 g/mol. The molecule has 7 heteroatoms. The molecule has 0 heterocycles. The molecule has 3 aromatic carbocycles. The van der Waals surface area contributed by atoms with Crippen LogP contribution in [0.25, 0.3) is 10.8 Å². The molecular weight excluding hydrogens is 385 g/mol. The monoisotopic (exact) mass is 392 g/mol. The van der Waals surface area contributed by atoms with Crippen LogP contribution in [0.4, 0.5) is 30.7 Å². The number of benzene rings is 3. The summed E-state index contributed by atoms with van der Waals surface area (Å²) in [4.78, 5) is 0. The van der Waals surface area contributed by atoms with Gasteiger partial charge in [-0.15, -0.1) is 0 Å². The van der Waals surface area contributed by atoms with Crippen LogP contribution in [-0.2, 0) is 0 Å². The van der Waals surface area contributed by atoms with E-state index in [4.69, 9.17) is 0 Å². The van der Waals surface area contributed by atoms with Crippen LogP contribution in [0.3, 0.4) is 0 Å². The third-order valence-corrected chi connectivity index (χ3v) is 3.65. The maximum absolute atomic E-state index is 14.3. The van der Waals surface area contributed by atoms with E-state index in [1.54, 1.807) is 0 Å². The Morgan fingerprint density at radius 3 is 2.00 bits per heavy atom. The molecule has 0 saturated carbocycles. The first-order chi connectivity index (χ1) is 13.2. The van der Waals surface area contributed by atoms with Gasteiger partial charge in [-0.1, -0.05) is 29.9 Å². The van der Waals surface area contributed by atoms with Crippen LogP contribution in [0.15, 0.2) is 42.5 Å². The summed E-state index contributed by atoms with van der Waals surface area (Å²) in [6.07, 6.45) is -4.89. The highest BCUT2D eigenvalue weighted by Gasteiger charge is 2.24. The summed E-state index contributed by atoms with van der Waals surface area (Å²) in [7, 11) is 0. The fourth-order valence-electron chi connectivity index (χ4n) is 2.41. The smallest absolute Gasteiger partial charge is 0.206 e. The van der Waals surface area contributed by atoms with Crippen molar-refractivity contribution in [2.45, 2.75) is 6.18 Å². The lowest BCUT2D eigenvalue weighted by molar-refractivity contribution is -0.0696. The van der Waals surface area contributed by atoms with E-state index in [0.29, 0.717) is 0 Å². The van der Waals surface area contributed by atoms with E-state index in [1.165, 1.54) is 30.2 Å². The summed E-state index contributed by atoms with van der Waals surface area (Å²) >= 11 is 0. The molecule has 0 aromatic heterocycles. The van der Waals surface area contributed by atoms with Crippen LogP contribution >= 0.6 is 0 Å². The average Bonchev–Trinajstić information content (AvgIpc) is 2.60. The molecule has 3 rings (SSSR count). The van der Waals surface area contributed by atoms with Crippen LogP contribution < -0.4 is 0 Å². The van der Waals surface area contributed by atoms with Crippen LogP contribution in [0, 0.1) is 47.0 Å². The van der Waals surface area contributed by atoms with Gasteiger partial charge in [0.15, 0.2) is 0 Å². The van der Waals surface area contributed by atoms with Crippen molar-refractivity contribution in [3.8, 4) is 23.7 Å². The number of hydrogen-bond acceptors (Lipinski definition) is 0. The molecule has 0 fully saturated rings. The predicted octanol–water partition coefficient (Wildman–Crippen LogP) is 5.71. The van der Waals surface area contributed by atoms with Crippen LogP contribution in [-0.4, -0.2) is 6.18 Å². The molecule has 0 saturated heterocycles. The van der Waals surface area contributed by atoms with Gasteiger partial charge in [-0.2, -0.15) is 13.2 Å². The molecule has 0 nitrogen and oxygen atoms in total. The highest BCUT2D eigenvalue weighted by Crippen LogP contribution is 2.25. The fraction of sp³-hybridized carbons (Fsp3) is 0.0476. The molecule has 0 unspecified atom stereocenters. The Balaban J connectivity index is 2.07. The standard InChI is InChI=1S/C21H7F7/c22-17-2-1-3-18(23)15(17)7-5-12-4-6-14-13(10-12)11-19(24)16(20(14)25)8-9-21(26,27)28/h1-4,6,10-11H. The molecule has 0 amide bonds.